The Kier molecular flexibility index (Phi) is 4.74. The lowest BCUT2D eigenvalue weighted by Crippen LogP contribution is -3.09. The highest BCUT2D eigenvalue weighted by Crippen LogP contribution is 1.86. The summed E-state index contributed by atoms with van der Waals surface area (Å²) in [6.07, 6.45) is 5.50. The summed E-state index contributed by atoms with van der Waals surface area (Å²) in [7, 11) is 0. The molecule has 2 N–H and O–H groups in total. The third-order valence-electron chi connectivity index (χ3n) is 3.54. The minimum atomic E-state index is 0.991. The second-order valence-electron chi connectivity index (χ2n) is 4.87. The van der Waals surface area contributed by atoms with E-state index < -0.39 is 0 Å². The van der Waals surface area contributed by atoms with E-state index in [1.165, 1.54) is 51.9 Å². The van der Waals surface area contributed by atoms with Crippen molar-refractivity contribution in [3.05, 3.63) is 0 Å². The van der Waals surface area contributed by atoms with Gasteiger partial charge in [0.15, 0.2) is 0 Å². The maximum absolute atomic E-state index is 3.18. The Labute approximate surface area is 99.0 Å². The highest BCUT2D eigenvalue weighted by atomic mass is 15.1. The first-order valence-electron chi connectivity index (χ1n) is 6.58. The van der Waals surface area contributed by atoms with Gasteiger partial charge in [0.05, 0.1) is 26.2 Å². The van der Waals surface area contributed by atoms with Gasteiger partial charge in [-0.25, -0.2) is 0 Å². The molecule has 0 aliphatic carbocycles. The van der Waals surface area contributed by atoms with E-state index in [9.17, 15) is 0 Å². The van der Waals surface area contributed by atoms with Gasteiger partial charge in [0.25, 0.3) is 0 Å². The second kappa shape index (κ2) is 6.59. The Hall–Kier alpha value is -0.960. The van der Waals surface area contributed by atoms with Crippen molar-refractivity contribution in [2.75, 3.05) is 39.3 Å². The summed E-state index contributed by atoms with van der Waals surface area (Å²) in [5, 5.41) is 0. The standard InChI is InChI=1S/C14H20N2/c1(3-9-15-11-5-6-12-15)2-4-10-16-13-7-8-14-16/h5-14H2/p+2. The Bertz CT molecular complexity index is 280. The van der Waals surface area contributed by atoms with Crippen molar-refractivity contribution in [1.82, 2.24) is 0 Å². The third kappa shape index (κ3) is 3.89. The van der Waals surface area contributed by atoms with Gasteiger partial charge in [0.2, 0.25) is 0 Å². The average Bonchev–Trinajstić information content (AvgIpc) is 2.96. The van der Waals surface area contributed by atoms with Crippen molar-refractivity contribution in [2.24, 2.45) is 0 Å². The lowest BCUT2D eigenvalue weighted by Gasteiger charge is -2.05. The van der Waals surface area contributed by atoms with E-state index in [4.69, 9.17) is 0 Å². The van der Waals surface area contributed by atoms with Crippen molar-refractivity contribution < 1.29 is 9.80 Å². The number of nitrogens with one attached hydrogen (secondary N) is 2. The molecule has 0 aromatic carbocycles. The van der Waals surface area contributed by atoms with Crippen molar-refractivity contribution >= 4 is 0 Å². The Morgan fingerprint density at radius 2 is 1.00 bits per heavy atom. The van der Waals surface area contributed by atoms with Crippen LogP contribution in [0, 0.1) is 23.7 Å². The zero-order chi connectivity index (χ0) is 11.1. The van der Waals surface area contributed by atoms with Crippen LogP contribution in [0.3, 0.4) is 0 Å². The van der Waals surface area contributed by atoms with Crippen LogP contribution in [0.15, 0.2) is 0 Å². The van der Waals surface area contributed by atoms with Crippen LogP contribution in [0.25, 0.3) is 0 Å². The fourth-order valence-corrected chi connectivity index (χ4v) is 2.53. The van der Waals surface area contributed by atoms with Crippen LogP contribution in [0.5, 0.6) is 0 Å². The molecular weight excluding hydrogens is 196 g/mol. The summed E-state index contributed by atoms with van der Waals surface area (Å²) in [5.74, 6) is 12.3. The smallest absolute Gasteiger partial charge is 0.140 e. The Morgan fingerprint density at radius 1 is 0.625 bits per heavy atom. The highest BCUT2D eigenvalue weighted by molar-refractivity contribution is 5.25. The number of likely N-dealkylation sites (tertiary alicyclic amines) is 2. The van der Waals surface area contributed by atoms with Crippen LogP contribution >= 0.6 is 0 Å². The highest BCUT2D eigenvalue weighted by Gasteiger charge is 2.13. The van der Waals surface area contributed by atoms with Crippen LogP contribution in [0.2, 0.25) is 0 Å². The number of quaternary nitrogens is 2. The van der Waals surface area contributed by atoms with Crippen LogP contribution in [0.4, 0.5) is 0 Å². The van der Waals surface area contributed by atoms with Crippen LogP contribution in [-0.2, 0) is 0 Å². The molecule has 0 aromatic rings. The van der Waals surface area contributed by atoms with Crippen molar-refractivity contribution in [1.29, 1.82) is 0 Å². The van der Waals surface area contributed by atoms with E-state index in [0.717, 1.165) is 13.1 Å². The SMILES string of the molecule is C(C#CC[NH+]1CCCC1)#CC[NH+]1CCCC1. The molecule has 2 heterocycles. The molecule has 2 aliphatic rings. The summed E-state index contributed by atoms with van der Waals surface area (Å²) in [6, 6.07) is 0. The van der Waals surface area contributed by atoms with E-state index in [-0.39, 0.29) is 0 Å². The van der Waals surface area contributed by atoms with E-state index in [1.54, 1.807) is 9.80 Å². The van der Waals surface area contributed by atoms with Crippen molar-refractivity contribution in [2.45, 2.75) is 25.7 Å². The summed E-state index contributed by atoms with van der Waals surface area (Å²) in [6.45, 7) is 7.21. The molecule has 16 heavy (non-hydrogen) atoms. The Morgan fingerprint density at radius 3 is 1.38 bits per heavy atom. The van der Waals surface area contributed by atoms with Gasteiger partial charge in [-0.05, 0) is 23.7 Å². The van der Waals surface area contributed by atoms with Gasteiger partial charge in [-0.2, -0.15) is 0 Å². The molecule has 2 fully saturated rings. The van der Waals surface area contributed by atoms with Gasteiger partial charge in [-0.1, -0.05) is 0 Å². The molecule has 2 aliphatic heterocycles. The molecule has 0 bridgehead atoms. The predicted molar refractivity (Wildman–Crippen MR) is 65.1 cm³/mol. The zero-order valence-corrected chi connectivity index (χ0v) is 10.1. The normalized spacial score (nSPS) is 21.2. The third-order valence-corrected chi connectivity index (χ3v) is 3.54. The number of hydrogen-bond donors (Lipinski definition) is 2. The summed E-state index contributed by atoms with van der Waals surface area (Å²) in [5.41, 5.74) is 0. The lowest BCUT2D eigenvalue weighted by molar-refractivity contribution is -0.879. The van der Waals surface area contributed by atoms with Gasteiger partial charge in [0.1, 0.15) is 13.1 Å². The van der Waals surface area contributed by atoms with Crippen LogP contribution in [0.1, 0.15) is 25.7 Å². The van der Waals surface area contributed by atoms with E-state index >= 15 is 0 Å². The van der Waals surface area contributed by atoms with Crippen molar-refractivity contribution in [3.63, 3.8) is 0 Å². The van der Waals surface area contributed by atoms with Gasteiger partial charge in [-0.3, -0.25) is 0 Å². The maximum Gasteiger partial charge on any atom is 0.140 e. The molecule has 2 saturated heterocycles. The van der Waals surface area contributed by atoms with Crippen LogP contribution in [-0.4, -0.2) is 39.3 Å². The fourth-order valence-electron chi connectivity index (χ4n) is 2.53. The Balaban J connectivity index is 1.61. The molecule has 2 heteroatoms. The largest absolute Gasteiger partial charge is 0.325 e. The fraction of sp³-hybridized carbons (Fsp3) is 0.714. The van der Waals surface area contributed by atoms with Crippen LogP contribution < -0.4 is 9.80 Å². The topological polar surface area (TPSA) is 8.88 Å². The van der Waals surface area contributed by atoms with Crippen molar-refractivity contribution in [3.8, 4) is 23.7 Å². The molecule has 2 rings (SSSR count). The summed E-state index contributed by atoms with van der Waals surface area (Å²) in [4.78, 5) is 3.28. The summed E-state index contributed by atoms with van der Waals surface area (Å²) >= 11 is 0. The van der Waals surface area contributed by atoms with E-state index in [2.05, 4.69) is 23.7 Å². The van der Waals surface area contributed by atoms with Gasteiger partial charge in [-0.15, -0.1) is 0 Å². The van der Waals surface area contributed by atoms with Gasteiger partial charge in [0, 0.05) is 25.7 Å². The molecule has 0 radical (unpaired) electrons. The zero-order valence-electron chi connectivity index (χ0n) is 10.1. The average molecular weight is 218 g/mol. The number of rotatable bonds is 2. The quantitative estimate of drug-likeness (QED) is 0.514. The molecule has 0 saturated carbocycles. The van der Waals surface area contributed by atoms with Gasteiger partial charge >= 0.3 is 0 Å². The summed E-state index contributed by atoms with van der Waals surface area (Å²) < 4.78 is 0. The van der Waals surface area contributed by atoms with E-state index in [1.807, 2.05) is 0 Å². The predicted octanol–water partition coefficient (Wildman–Crippen LogP) is -1.65. The molecule has 0 spiro atoms. The minimum absolute atomic E-state index is 0.991. The molecule has 2 nitrogen and oxygen atoms in total. The molecule has 0 amide bonds. The van der Waals surface area contributed by atoms with E-state index in [0.29, 0.717) is 0 Å². The second-order valence-corrected chi connectivity index (χ2v) is 4.87. The first-order valence-corrected chi connectivity index (χ1v) is 6.58. The monoisotopic (exact) mass is 218 g/mol. The lowest BCUT2D eigenvalue weighted by atomic mass is 10.4. The van der Waals surface area contributed by atoms with Gasteiger partial charge < -0.3 is 9.80 Å². The maximum atomic E-state index is 3.18. The number of hydrogen-bond acceptors (Lipinski definition) is 0. The minimum Gasteiger partial charge on any atom is -0.325 e. The first kappa shape index (κ1) is 11.5. The molecule has 86 valence electrons. The molecule has 0 aromatic heterocycles. The molecule has 0 unspecified atom stereocenters. The first-order chi connectivity index (χ1) is 7.95. The molecule has 0 atom stereocenters. The molecular formula is C14H22N2+2.